The monoisotopic (exact) mass is 448 g/mol. The van der Waals surface area contributed by atoms with E-state index in [0.29, 0.717) is 59.8 Å². The van der Waals surface area contributed by atoms with Crippen LogP contribution in [0.2, 0.25) is 5.02 Å². The third kappa shape index (κ3) is 3.60. The van der Waals surface area contributed by atoms with Crippen molar-refractivity contribution in [1.29, 1.82) is 0 Å². The lowest BCUT2D eigenvalue weighted by atomic mass is 9.84. The van der Waals surface area contributed by atoms with Crippen LogP contribution in [0, 0.1) is 0 Å². The normalized spacial score (nSPS) is 23.8. The van der Waals surface area contributed by atoms with Crippen LogP contribution in [0.15, 0.2) is 29.2 Å². The van der Waals surface area contributed by atoms with Crippen LogP contribution in [0.25, 0.3) is 0 Å². The molecule has 7 nitrogen and oxygen atoms in total. The van der Waals surface area contributed by atoms with Crippen LogP contribution in [0.4, 0.5) is 11.8 Å². The lowest BCUT2D eigenvalue weighted by Gasteiger charge is -2.38. The Labute approximate surface area is 183 Å². The van der Waals surface area contributed by atoms with Crippen LogP contribution >= 0.6 is 11.6 Å². The topological polar surface area (TPSA) is 98.6 Å². The molecule has 1 aromatic heterocycles. The van der Waals surface area contributed by atoms with Gasteiger partial charge < -0.3 is 20.4 Å². The summed E-state index contributed by atoms with van der Waals surface area (Å²) in [6.45, 7) is 1.27. The van der Waals surface area contributed by atoms with Gasteiger partial charge in [-0.25, -0.2) is 4.98 Å². The average Bonchev–Trinajstić information content (AvgIpc) is 3.42. The van der Waals surface area contributed by atoms with E-state index in [-0.39, 0.29) is 12.1 Å². The van der Waals surface area contributed by atoms with E-state index in [1.165, 1.54) is 0 Å². The molecule has 30 heavy (non-hydrogen) atoms. The van der Waals surface area contributed by atoms with E-state index < -0.39 is 16.4 Å². The highest BCUT2D eigenvalue weighted by molar-refractivity contribution is 7.85. The quantitative estimate of drug-likeness (QED) is 0.645. The summed E-state index contributed by atoms with van der Waals surface area (Å²) in [6, 6.07) is 7.37. The second-order valence-corrected chi connectivity index (χ2v) is 10.5. The maximum atomic E-state index is 12.5. The van der Waals surface area contributed by atoms with Crippen molar-refractivity contribution >= 4 is 34.2 Å². The number of hydrogen-bond donors (Lipinski definition) is 3. The number of aliphatic hydroxyl groups excluding tert-OH is 1. The molecule has 9 heteroatoms. The van der Waals surface area contributed by atoms with E-state index in [2.05, 4.69) is 10.2 Å². The highest BCUT2D eigenvalue weighted by Crippen LogP contribution is 2.41. The Morgan fingerprint density at radius 1 is 1.13 bits per heavy atom. The van der Waals surface area contributed by atoms with Crippen LogP contribution in [-0.4, -0.2) is 55.4 Å². The molecule has 1 aliphatic carbocycles. The molecular weight excluding hydrogens is 424 g/mol. The van der Waals surface area contributed by atoms with Crippen LogP contribution < -0.4 is 10.2 Å². The van der Waals surface area contributed by atoms with E-state index in [1.807, 2.05) is 12.1 Å². The highest BCUT2D eigenvalue weighted by Gasteiger charge is 2.44. The van der Waals surface area contributed by atoms with Gasteiger partial charge in [-0.2, -0.15) is 4.98 Å². The lowest BCUT2D eigenvalue weighted by molar-refractivity contribution is 0.0115. The van der Waals surface area contributed by atoms with E-state index in [1.54, 1.807) is 12.1 Å². The summed E-state index contributed by atoms with van der Waals surface area (Å²) in [7, 11) is -1.11. The van der Waals surface area contributed by atoms with Gasteiger partial charge in [-0.1, -0.05) is 23.7 Å². The van der Waals surface area contributed by atoms with Gasteiger partial charge in [-0.3, -0.25) is 4.21 Å². The number of benzene rings is 1. The smallest absolute Gasteiger partial charge is 0.227 e. The summed E-state index contributed by atoms with van der Waals surface area (Å²) < 4.78 is 12.5. The number of anilines is 2. The summed E-state index contributed by atoms with van der Waals surface area (Å²) >= 11 is 5.98. The first-order valence-corrected chi connectivity index (χ1v) is 12.0. The highest BCUT2D eigenvalue weighted by atomic mass is 35.5. The van der Waals surface area contributed by atoms with Crippen molar-refractivity contribution in [1.82, 2.24) is 9.97 Å². The molecule has 2 aromatic rings. The van der Waals surface area contributed by atoms with E-state index in [4.69, 9.17) is 21.6 Å². The number of hydrogen-bond acceptors (Lipinski definition) is 7. The molecule has 0 radical (unpaired) electrons. The van der Waals surface area contributed by atoms with Crippen LogP contribution in [0.1, 0.15) is 36.9 Å². The van der Waals surface area contributed by atoms with Gasteiger partial charge in [-0.15, -0.1) is 0 Å². The molecule has 1 atom stereocenters. The minimum absolute atomic E-state index is 0.0333. The largest absolute Gasteiger partial charge is 0.394 e. The van der Waals surface area contributed by atoms with Gasteiger partial charge in [0.1, 0.15) is 10.7 Å². The summed E-state index contributed by atoms with van der Waals surface area (Å²) in [5, 5.41) is 24.9. The number of aliphatic hydroxyl groups is 2. The van der Waals surface area contributed by atoms with Gasteiger partial charge in [0.2, 0.25) is 5.95 Å². The van der Waals surface area contributed by atoms with Crippen molar-refractivity contribution in [3.05, 3.63) is 40.5 Å². The standard InChI is InChI=1S/C21H25ClN4O3S/c22-15-3-1-14(2-4-15)21(28)8-10-26(11-9-21)19-23-16-5-12-30(29)17(16)18(24-19)25-20(13-27)6-7-20/h1-4,27-28H,5-13H2,(H,23,24,25). The van der Waals surface area contributed by atoms with Gasteiger partial charge in [0.05, 0.1) is 34.2 Å². The van der Waals surface area contributed by atoms with Crippen molar-refractivity contribution in [3.8, 4) is 0 Å². The third-order valence-corrected chi connectivity index (χ3v) is 8.18. The average molecular weight is 449 g/mol. The van der Waals surface area contributed by atoms with Gasteiger partial charge in [-0.05, 0) is 43.4 Å². The number of aromatic nitrogens is 2. The van der Waals surface area contributed by atoms with Gasteiger partial charge in [0.25, 0.3) is 0 Å². The molecule has 3 aliphatic rings. The number of nitrogens with zero attached hydrogens (tertiary/aromatic N) is 3. The number of aryl methyl sites for hydroxylation is 1. The first-order chi connectivity index (χ1) is 14.4. The lowest BCUT2D eigenvalue weighted by Crippen LogP contribution is -2.43. The van der Waals surface area contributed by atoms with E-state index in [9.17, 15) is 14.4 Å². The SMILES string of the molecule is O=S1CCc2nc(N3CCC(O)(c4ccc(Cl)cc4)CC3)nc(NC3(CO)CC3)c21. The summed E-state index contributed by atoms with van der Waals surface area (Å²) in [5.74, 6) is 1.75. The maximum absolute atomic E-state index is 12.5. The number of halogens is 1. The fourth-order valence-corrected chi connectivity index (χ4v) is 5.69. The Hall–Kier alpha value is -1.74. The zero-order valence-corrected chi connectivity index (χ0v) is 18.2. The van der Waals surface area contributed by atoms with Crippen LogP contribution in [0.3, 0.4) is 0 Å². The number of piperidine rings is 1. The van der Waals surface area contributed by atoms with Gasteiger partial charge in [0, 0.05) is 30.3 Å². The molecule has 5 rings (SSSR count). The van der Waals surface area contributed by atoms with E-state index >= 15 is 0 Å². The van der Waals surface area contributed by atoms with Gasteiger partial charge in [0.15, 0.2) is 0 Å². The fraction of sp³-hybridized carbons (Fsp3) is 0.524. The number of rotatable bonds is 5. The molecule has 1 aromatic carbocycles. The first kappa shape index (κ1) is 20.2. The molecule has 3 heterocycles. The van der Waals surface area contributed by atoms with Crippen LogP contribution in [0.5, 0.6) is 0 Å². The Morgan fingerprint density at radius 2 is 1.83 bits per heavy atom. The Bertz CT molecular complexity index is 988. The summed E-state index contributed by atoms with van der Waals surface area (Å²) in [4.78, 5) is 12.2. The predicted octanol–water partition coefficient (Wildman–Crippen LogP) is 2.22. The van der Waals surface area contributed by atoms with Crippen LogP contribution in [-0.2, 0) is 22.8 Å². The van der Waals surface area contributed by atoms with Crippen molar-refractivity contribution in [3.63, 3.8) is 0 Å². The molecule has 0 spiro atoms. The molecule has 0 amide bonds. The predicted molar refractivity (Wildman–Crippen MR) is 116 cm³/mol. The van der Waals surface area contributed by atoms with Crippen molar-refractivity contribution < 1.29 is 14.4 Å². The first-order valence-electron chi connectivity index (χ1n) is 10.3. The second-order valence-electron chi connectivity index (χ2n) is 8.54. The van der Waals surface area contributed by atoms with Gasteiger partial charge >= 0.3 is 0 Å². The second kappa shape index (κ2) is 7.44. The molecule has 3 N–H and O–H groups in total. The molecule has 0 bridgehead atoms. The minimum atomic E-state index is -1.11. The van der Waals surface area contributed by atoms with Crippen molar-refractivity contribution in [2.24, 2.45) is 0 Å². The van der Waals surface area contributed by atoms with E-state index in [0.717, 1.165) is 24.1 Å². The molecule has 2 fully saturated rings. The molecule has 2 aliphatic heterocycles. The zero-order valence-electron chi connectivity index (χ0n) is 16.6. The number of fused-ring (bicyclic) bond motifs is 1. The molecular formula is C21H25ClN4O3S. The molecule has 1 saturated carbocycles. The van der Waals surface area contributed by atoms with Crippen molar-refractivity contribution in [2.75, 3.05) is 35.7 Å². The Morgan fingerprint density at radius 3 is 2.47 bits per heavy atom. The molecule has 1 saturated heterocycles. The Kier molecular flexibility index (Phi) is 5.01. The zero-order chi connectivity index (χ0) is 20.9. The third-order valence-electron chi connectivity index (χ3n) is 6.47. The summed E-state index contributed by atoms with van der Waals surface area (Å²) in [6.07, 6.45) is 3.54. The Balaban J connectivity index is 1.39. The number of nitrogens with one attached hydrogen (secondary N) is 1. The summed E-state index contributed by atoms with van der Waals surface area (Å²) in [5.41, 5.74) is 0.462. The fourth-order valence-electron chi connectivity index (χ4n) is 4.26. The molecule has 1 unspecified atom stereocenters. The minimum Gasteiger partial charge on any atom is -0.394 e. The molecule has 160 valence electrons. The van der Waals surface area contributed by atoms with Crippen molar-refractivity contribution in [2.45, 2.75) is 48.1 Å². The maximum Gasteiger partial charge on any atom is 0.227 e.